The van der Waals surface area contributed by atoms with E-state index in [1.807, 2.05) is 17.8 Å². The lowest BCUT2D eigenvalue weighted by molar-refractivity contribution is 0.250. The number of rotatable bonds is 2. The maximum atomic E-state index is 6.00. The lowest BCUT2D eigenvalue weighted by atomic mass is 9.80. The molecule has 1 rings (SSSR count). The summed E-state index contributed by atoms with van der Waals surface area (Å²) in [5.74, 6) is 1.13. The third kappa shape index (κ3) is 4.98. The molecule has 0 atom stereocenters. The zero-order chi connectivity index (χ0) is 12.1. The van der Waals surface area contributed by atoms with Crippen LogP contribution < -0.4 is 5.73 Å². The summed E-state index contributed by atoms with van der Waals surface area (Å²) in [5, 5.41) is 0. The molecule has 88 valence electrons. The van der Waals surface area contributed by atoms with Gasteiger partial charge in [-0.3, -0.25) is 0 Å². The molecular formula is C12H25N3. The van der Waals surface area contributed by atoms with Gasteiger partial charge in [0.1, 0.15) is 0 Å². The number of nitrogens with zero attached hydrogens (tertiary/aromatic N) is 2. The van der Waals surface area contributed by atoms with E-state index >= 15 is 0 Å². The van der Waals surface area contributed by atoms with Crippen LogP contribution >= 0.6 is 0 Å². The predicted molar refractivity (Wildman–Crippen MR) is 65.5 cm³/mol. The molecule has 0 spiro atoms. The van der Waals surface area contributed by atoms with Crippen LogP contribution in [0.4, 0.5) is 0 Å². The molecule has 0 unspecified atom stereocenters. The van der Waals surface area contributed by atoms with E-state index in [1.165, 1.54) is 0 Å². The number of aryl methyl sites for hydroxylation is 1. The Kier molecular flexibility index (Phi) is 5.58. The molecule has 3 nitrogen and oxygen atoms in total. The van der Waals surface area contributed by atoms with Crippen molar-refractivity contribution in [1.29, 1.82) is 0 Å². The summed E-state index contributed by atoms with van der Waals surface area (Å²) in [6.45, 7) is 10.8. The molecule has 0 fully saturated rings. The van der Waals surface area contributed by atoms with Crippen LogP contribution in [0.2, 0.25) is 0 Å². The molecule has 0 amide bonds. The monoisotopic (exact) mass is 211 g/mol. The minimum atomic E-state index is 0.000000000000000222. The van der Waals surface area contributed by atoms with Gasteiger partial charge in [0.2, 0.25) is 0 Å². The Labute approximate surface area is 93.7 Å². The zero-order valence-corrected chi connectivity index (χ0v) is 10.9. The summed E-state index contributed by atoms with van der Waals surface area (Å²) in [5.41, 5.74) is 6.00. The summed E-state index contributed by atoms with van der Waals surface area (Å²) in [7, 11) is 1.94. The third-order valence-electron chi connectivity index (χ3n) is 3.12. The van der Waals surface area contributed by atoms with Crippen molar-refractivity contribution < 1.29 is 0 Å². The van der Waals surface area contributed by atoms with Crippen molar-refractivity contribution in [1.82, 2.24) is 9.55 Å². The fourth-order valence-electron chi connectivity index (χ4n) is 0.992. The van der Waals surface area contributed by atoms with E-state index in [-0.39, 0.29) is 5.54 Å². The molecule has 1 aromatic heterocycles. The summed E-state index contributed by atoms with van der Waals surface area (Å²) >= 11 is 0. The summed E-state index contributed by atoms with van der Waals surface area (Å²) in [4.78, 5) is 3.78. The Bertz CT molecular complexity index is 238. The highest BCUT2D eigenvalue weighted by Gasteiger charge is 2.26. The second kappa shape index (κ2) is 5.91. The second-order valence-corrected chi connectivity index (χ2v) is 4.90. The van der Waals surface area contributed by atoms with Gasteiger partial charge in [-0.25, -0.2) is 4.98 Å². The molecule has 1 aromatic rings. The first kappa shape index (κ1) is 14.2. The maximum Gasteiger partial charge on any atom is 0.0943 e. The molecule has 15 heavy (non-hydrogen) atoms. The van der Waals surface area contributed by atoms with E-state index in [2.05, 4.69) is 39.6 Å². The van der Waals surface area contributed by atoms with Crippen molar-refractivity contribution in [3.63, 3.8) is 0 Å². The third-order valence-corrected chi connectivity index (χ3v) is 3.12. The van der Waals surface area contributed by atoms with E-state index in [9.17, 15) is 0 Å². The van der Waals surface area contributed by atoms with E-state index in [1.54, 1.807) is 12.5 Å². The Morgan fingerprint density at radius 2 is 1.67 bits per heavy atom. The van der Waals surface area contributed by atoms with Crippen LogP contribution in [0.25, 0.3) is 0 Å². The number of nitrogens with two attached hydrogens (primary N) is 1. The molecule has 0 aliphatic heterocycles. The molecule has 0 aliphatic carbocycles. The smallest absolute Gasteiger partial charge is 0.0943 e. The van der Waals surface area contributed by atoms with Gasteiger partial charge in [0.15, 0.2) is 0 Å². The van der Waals surface area contributed by atoms with Gasteiger partial charge in [-0.1, -0.05) is 27.7 Å². The number of hydrogen-bond acceptors (Lipinski definition) is 2. The first-order valence-corrected chi connectivity index (χ1v) is 5.49. The van der Waals surface area contributed by atoms with Crippen LogP contribution in [0.5, 0.6) is 0 Å². The first-order chi connectivity index (χ1) is 6.78. The summed E-state index contributed by atoms with van der Waals surface area (Å²) < 4.78 is 1.89. The molecule has 0 aliphatic rings. The topological polar surface area (TPSA) is 43.8 Å². The van der Waals surface area contributed by atoms with E-state index in [0.29, 0.717) is 11.8 Å². The Morgan fingerprint density at radius 3 is 1.73 bits per heavy atom. The highest BCUT2D eigenvalue weighted by atomic mass is 15.0. The van der Waals surface area contributed by atoms with Crippen molar-refractivity contribution in [2.24, 2.45) is 24.6 Å². The van der Waals surface area contributed by atoms with Crippen LogP contribution in [0.15, 0.2) is 18.7 Å². The van der Waals surface area contributed by atoms with Gasteiger partial charge in [0.25, 0.3) is 0 Å². The number of hydrogen-bond donors (Lipinski definition) is 1. The molecule has 2 N–H and O–H groups in total. The van der Waals surface area contributed by atoms with Gasteiger partial charge in [0.05, 0.1) is 6.33 Å². The molecule has 0 radical (unpaired) electrons. The Hall–Kier alpha value is -0.830. The van der Waals surface area contributed by atoms with Crippen LogP contribution in [-0.4, -0.2) is 15.1 Å². The first-order valence-electron chi connectivity index (χ1n) is 5.49. The highest BCUT2D eigenvalue weighted by Crippen LogP contribution is 2.21. The van der Waals surface area contributed by atoms with Crippen molar-refractivity contribution in [3.05, 3.63) is 18.7 Å². The number of imidazole rings is 1. The van der Waals surface area contributed by atoms with Gasteiger partial charge >= 0.3 is 0 Å². The Morgan fingerprint density at radius 1 is 1.20 bits per heavy atom. The van der Waals surface area contributed by atoms with Crippen molar-refractivity contribution in [2.45, 2.75) is 40.2 Å². The fraction of sp³-hybridized carbons (Fsp3) is 0.750. The minimum absolute atomic E-state index is 0.000000000000000222. The second-order valence-electron chi connectivity index (χ2n) is 4.90. The van der Waals surface area contributed by atoms with Crippen molar-refractivity contribution in [2.75, 3.05) is 0 Å². The number of aromatic nitrogens is 2. The van der Waals surface area contributed by atoms with Gasteiger partial charge in [0, 0.05) is 25.0 Å². The largest absolute Gasteiger partial charge is 0.341 e. The Balaban J connectivity index is 0.000000280. The highest BCUT2D eigenvalue weighted by molar-refractivity contribution is 4.84. The average Bonchev–Trinajstić information content (AvgIpc) is 2.56. The lowest BCUT2D eigenvalue weighted by Crippen LogP contribution is -2.46. The molecule has 3 heteroatoms. The van der Waals surface area contributed by atoms with Crippen LogP contribution in [0.1, 0.15) is 34.6 Å². The average molecular weight is 211 g/mol. The quantitative estimate of drug-likeness (QED) is 0.816. The minimum Gasteiger partial charge on any atom is -0.341 e. The van der Waals surface area contributed by atoms with Gasteiger partial charge < -0.3 is 10.3 Å². The van der Waals surface area contributed by atoms with Crippen LogP contribution in [-0.2, 0) is 7.05 Å². The maximum absolute atomic E-state index is 6.00. The zero-order valence-electron chi connectivity index (χ0n) is 10.9. The summed E-state index contributed by atoms with van der Waals surface area (Å²) in [6, 6.07) is 0. The molecular weight excluding hydrogens is 186 g/mol. The lowest BCUT2D eigenvalue weighted by Gasteiger charge is -2.33. The van der Waals surface area contributed by atoms with E-state index < -0.39 is 0 Å². The van der Waals surface area contributed by atoms with Gasteiger partial charge in [-0.2, -0.15) is 0 Å². The van der Waals surface area contributed by atoms with E-state index in [4.69, 9.17) is 5.73 Å². The molecule has 0 bridgehead atoms. The van der Waals surface area contributed by atoms with Crippen molar-refractivity contribution in [3.8, 4) is 0 Å². The fourth-order valence-corrected chi connectivity index (χ4v) is 0.992. The normalized spacial score (nSPS) is 11.5. The molecule has 1 heterocycles. The molecule has 0 saturated heterocycles. The molecule has 0 aromatic carbocycles. The molecule has 0 saturated carbocycles. The SMILES string of the molecule is CC(C)C(C)(N)C(C)C.Cn1ccnc1. The predicted octanol–water partition coefficient (Wildman–Crippen LogP) is 2.44. The van der Waals surface area contributed by atoms with Crippen molar-refractivity contribution >= 4 is 0 Å². The van der Waals surface area contributed by atoms with Crippen LogP contribution in [0, 0.1) is 11.8 Å². The van der Waals surface area contributed by atoms with Crippen LogP contribution in [0.3, 0.4) is 0 Å². The summed E-state index contributed by atoms with van der Waals surface area (Å²) in [6.07, 6.45) is 5.39. The van der Waals surface area contributed by atoms with Gasteiger partial charge in [-0.15, -0.1) is 0 Å². The van der Waals surface area contributed by atoms with E-state index in [0.717, 1.165) is 0 Å². The van der Waals surface area contributed by atoms with Gasteiger partial charge in [-0.05, 0) is 18.8 Å². The standard InChI is InChI=1S/C8H19N.C4H6N2/c1-6(2)8(5,9)7(3)4;1-6-3-2-5-4-6/h6-7H,9H2,1-5H3;2-4H,1H3.